The molecule has 1 rings (SSSR count). The van der Waals surface area contributed by atoms with E-state index in [-0.39, 0.29) is 29.9 Å². The van der Waals surface area contributed by atoms with Crippen molar-refractivity contribution in [3.8, 4) is 0 Å². The minimum Gasteiger partial charge on any atom is -0.350 e. The summed E-state index contributed by atoms with van der Waals surface area (Å²) in [6.07, 6.45) is 0. The van der Waals surface area contributed by atoms with Crippen LogP contribution in [-0.4, -0.2) is 41.9 Å². The molecule has 0 spiro atoms. The van der Waals surface area contributed by atoms with Crippen LogP contribution in [0.2, 0.25) is 0 Å². The van der Waals surface area contributed by atoms with E-state index in [0.29, 0.717) is 6.54 Å². The van der Waals surface area contributed by atoms with E-state index in [1.807, 2.05) is 38.3 Å². The minimum absolute atomic E-state index is 0.0746. The average molecular weight is 311 g/mol. The second-order valence-electron chi connectivity index (χ2n) is 6.19. The quantitative estimate of drug-likeness (QED) is 0.839. The molecule has 5 nitrogen and oxygen atoms in total. The van der Waals surface area contributed by atoms with Crippen LogP contribution < -0.4 is 10.6 Å². The third kappa shape index (κ3) is 6.73. The first-order valence-corrected chi connectivity index (χ1v) is 7.88. The SMILES string of the molecule is CC(C(=O)NCc1cccs1)N(C)CC(=O)NC(C)(C)C. The predicted molar refractivity (Wildman–Crippen MR) is 86.2 cm³/mol. The lowest BCUT2D eigenvalue weighted by atomic mass is 10.1. The van der Waals surface area contributed by atoms with Crippen LogP contribution in [0.25, 0.3) is 0 Å². The third-order valence-electron chi connectivity index (χ3n) is 2.96. The molecule has 118 valence electrons. The Balaban J connectivity index is 2.40. The van der Waals surface area contributed by atoms with Gasteiger partial charge in [-0.15, -0.1) is 11.3 Å². The van der Waals surface area contributed by atoms with Crippen molar-refractivity contribution in [2.45, 2.75) is 45.8 Å². The molecule has 1 heterocycles. The molecule has 0 aliphatic rings. The maximum Gasteiger partial charge on any atom is 0.237 e. The number of hydrogen-bond donors (Lipinski definition) is 2. The van der Waals surface area contributed by atoms with Crippen molar-refractivity contribution in [1.82, 2.24) is 15.5 Å². The molecule has 1 aromatic heterocycles. The smallest absolute Gasteiger partial charge is 0.237 e. The second kappa shape index (κ2) is 7.56. The number of thiophene rings is 1. The van der Waals surface area contributed by atoms with Gasteiger partial charge in [-0.05, 0) is 46.2 Å². The molecule has 2 amide bonds. The highest BCUT2D eigenvalue weighted by atomic mass is 32.1. The number of nitrogens with one attached hydrogen (secondary N) is 2. The second-order valence-corrected chi connectivity index (χ2v) is 7.22. The highest BCUT2D eigenvalue weighted by Crippen LogP contribution is 2.08. The van der Waals surface area contributed by atoms with Gasteiger partial charge in [-0.25, -0.2) is 0 Å². The zero-order chi connectivity index (χ0) is 16.0. The summed E-state index contributed by atoms with van der Waals surface area (Å²) in [5.41, 5.74) is -0.261. The topological polar surface area (TPSA) is 61.4 Å². The van der Waals surface area contributed by atoms with Gasteiger partial charge in [0.15, 0.2) is 0 Å². The van der Waals surface area contributed by atoms with Crippen LogP contribution in [0.5, 0.6) is 0 Å². The van der Waals surface area contributed by atoms with Crippen LogP contribution >= 0.6 is 11.3 Å². The first-order valence-electron chi connectivity index (χ1n) is 7.00. The molecule has 0 aromatic carbocycles. The Morgan fingerprint density at radius 1 is 1.38 bits per heavy atom. The average Bonchev–Trinajstić information content (AvgIpc) is 2.85. The zero-order valence-electron chi connectivity index (χ0n) is 13.4. The van der Waals surface area contributed by atoms with Gasteiger partial charge < -0.3 is 10.6 Å². The van der Waals surface area contributed by atoms with Crippen molar-refractivity contribution in [2.75, 3.05) is 13.6 Å². The van der Waals surface area contributed by atoms with E-state index >= 15 is 0 Å². The Morgan fingerprint density at radius 2 is 2.05 bits per heavy atom. The Hall–Kier alpha value is -1.40. The molecule has 0 radical (unpaired) electrons. The summed E-state index contributed by atoms with van der Waals surface area (Å²) in [7, 11) is 1.78. The number of rotatable bonds is 6. The fourth-order valence-corrected chi connectivity index (χ4v) is 2.40. The van der Waals surface area contributed by atoms with E-state index in [9.17, 15) is 9.59 Å². The van der Waals surface area contributed by atoms with E-state index in [4.69, 9.17) is 0 Å². The Bertz CT molecular complexity index is 466. The summed E-state index contributed by atoms with van der Waals surface area (Å²) < 4.78 is 0. The third-order valence-corrected chi connectivity index (χ3v) is 3.84. The normalized spacial score (nSPS) is 13.0. The Kier molecular flexibility index (Phi) is 6.36. The Morgan fingerprint density at radius 3 is 2.57 bits per heavy atom. The van der Waals surface area contributed by atoms with Gasteiger partial charge in [-0.3, -0.25) is 14.5 Å². The molecule has 21 heavy (non-hydrogen) atoms. The predicted octanol–water partition coefficient (Wildman–Crippen LogP) is 1.60. The Labute approximate surface area is 130 Å². The van der Waals surface area contributed by atoms with Crippen molar-refractivity contribution >= 4 is 23.2 Å². The molecule has 1 aromatic rings. The molecule has 0 saturated heterocycles. The number of likely N-dealkylation sites (N-methyl/N-ethyl adjacent to an activating group) is 1. The molecule has 1 unspecified atom stereocenters. The number of nitrogens with zero attached hydrogens (tertiary/aromatic N) is 1. The highest BCUT2D eigenvalue weighted by molar-refractivity contribution is 7.09. The fourth-order valence-electron chi connectivity index (χ4n) is 1.76. The summed E-state index contributed by atoms with van der Waals surface area (Å²) in [5, 5.41) is 7.75. The lowest BCUT2D eigenvalue weighted by Gasteiger charge is -2.26. The van der Waals surface area contributed by atoms with Gasteiger partial charge in [-0.1, -0.05) is 6.07 Å². The van der Waals surface area contributed by atoms with Crippen molar-refractivity contribution in [3.05, 3.63) is 22.4 Å². The van der Waals surface area contributed by atoms with Gasteiger partial charge in [0.25, 0.3) is 0 Å². The van der Waals surface area contributed by atoms with E-state index in [1.54, 1.807) is 30.2 Å². The molecule has 6 heteroatoms. The van der Waals surface area contributed by atoms with Crippen LogP contribution in [0.3, 0.4) is 0 Å². The molecule has 1 atom stereocenters. The number of carbonyl (C=O) groups excluding carboxylic acids is 2. The number of amides is 2. The molecule has 0 aliphatic heterocycles. The number of hydrogen-bond acceptors (Lipinski definition) is 4. The van der Waals surface area contributed by atoms with Gasteiger partial charge in [-0.2, -0.15) is 0 Å². The lowest BCUT2D eigenvalue weighted by Crippen LogP contribution is -2.50. The van der Waals surface area contributed by atoms with E-state index in [1.165, 1.54) is 0 Å². The maximum absolute atomic E-state index is 12.1. The summed E-state index contributed by atoms with van der Waals surface area (Å²) in [5.74, 6) is -0.155. The van der Waals surface area contributed by atoms with Gasteiger partial charge in [0.05, 0.1) is 19.1 Å². The largest absolute Gasteiger partial charge is 0.350 e. The summed E-state index contributed by atoms with van der Waals surface area (Å²) in [6, 6.07) is 3.59. The minimum atomic E-state index is -0.351. The first-order chi connectivity index (χ1) is 9.69. The molecule has 0 saturated carbocycles. The molecule has 0 aliphatic carbocycles. The zero-order valence-corrected chi connectivity index (χ0v) is 14.2. The monoisotopic (exact) mass is 311 g/mol. The molecule has 2 N–H and O–H groups in total. The van der Waals surface area contributed by atoms with Crippen molar-refractivity contribution in [3.63, 3.8) is 0 Å². The van der Waals surface area contributed by atoms with Crippen LogP contribution in [0, 0.1) is 0 Å². The number of carbonyl (C=O) groups is 2. The van der Waals surface area contributed by atoms with Crippen LogP contribution in [-0.2, 0) is 16.1 Å². The molecular formula is C15H25N3O2S. The molecular weight excluding hydrogens is 286 g/mol. The fraction of sp³-hybridized carbons (Fsp3) is 0.600. The standard InChI is InChI=1S/C15H25N3O2S/c1-11(14(20)16-9-12-7-6-8-21-12)18(5)10-13(19)17-15(2,3)4/h6-8,11H,9-10H2,1-5H3,(H,16,20)(H,17,19). The van der Waals surface area contributed by atoms with Crippen LogP contribution in [0.1, 0.15) is 32.6 Å². The van der Waals surface area contributed by atoms with Crippen molar-refractivity contribution in [2.24, 2.45) is 0 Å². The summed E-state index contributed by atoms with van der Waals surface area (Å²) in [6.45, 7) is 8.33. The van der Waals surface area contributed by atoms with Gasteiger partial charge in [0.1, 0.15) is 0 Å². The van der Waals surface area contributed by atoms with Crippen LogP contribution in [0.15, 0.2) is 17.5 Å². The van der Waals surface area contributed by atoms with E-state index in [0.717, 1.165) is 4.88 Å². The maximum atomic E-state index is 12.1. The highest BCUT2D eigenvalue weighted by Gasteiger charge is 2.21. The summed E-state index contributed by atoms with van der Waals surface area (Å²) in [4.78, 5) is 26.8. The van der Waals surface area contributed by atoms with Gasteiger partial charge in [0.2, 0.25) is 11.8 Å². The summed E-state index contributed by atoms with van der Waals surface area (Å²) >= 11 is 1.61. The van der Waals surface area contributed by atoms with Crippen LogP contribution in [0.4, 0.5) is 0 Å². The van der Waals surface area contributed by atoms with E-state index < -0.39 is 0 Å². The molecule has 0 bridgehead atoms. The van der Waals surface area contributed by atoms with Gasteiger partial charge in [0, 0.05) is 10.4 Å². The molecule has 0 fully saturated rings. The lowest BCUT2D eigenvalue weighted by molar-refractivity contribution is -0.128. The van der Waals surface area contributed by atoms with Gasteiger partial charge >= 0.3 is 0 Å². The van der Waals surface area contributed by atoms with E-state index in [2.05, 4.69) is 10.6 Å². The van der Waals surface area contributed by atoms with Crippen molar-refractivity contribution < 1.29 is 9.59 Å². The first kappa shape index (κ1) is 17.7. The van der Waals surface area contributed by atoms with Crippen molar-refractivity contribution in [1.29, 1.82) is 0 Å².